The van der Waals surface area contributed by atoms with E-state index < -0.39 is 12.6 Å². The number of aliphatic carboxylic acids is 1. The molecule has 5 rings (SSSR count). The zero-order valence-electron chi connectivity index (χ0n) is 18.6. The Hall–Kier alpha value is -3.20. The summed E-state index contributed by atoms with van der Waals surface area (Å²) < 4.78 is 24.3. The topological polar surface area (TPSA) is 96.2 Å². The molecule has 0 bridgehead atoms. The Bertz CT molecular complexity index is 1300. The van der Waals surface area contributed by atoms with Gasteiger partial charge in [0, 0.05) is 17.5 Å². The molecule has 2 aliphatic heterocycles. The first-order valence-corrected chi connectivity index (χ1v) is 11.5. The fourth-order valence-electron chi connectivity index (χ4n) is 4.20. The van der Waals surface area contributed by atoms with E-state index in [1.165, 1.54) is 7.11 Å². The first kappa shape index (κ1) is 23.0. The highest BCUT2D eigenvalue weighted by Crippen LogP contribution is 2.45. The lowest BCUT2D eigenvalue weighted by molar-refractivity contribution is -0.139. The van der Waals surface area contributed by atoms with E-state index in [-0.39, 0.29) is 23.5 Å². The summed E-state index contributed by atoms with van der Waals surface area (Å²) >= 11 is 3.70. The van der Waals surface area contributed by atoms with Crippen LogP contribution in [-0.4, -0.2) is 36.2 Å². The highest BCUT2D eigenvalue weighted by molar-refractivity contribution is 9.10. The van der Waals surface area contributed by atoms with Gasteiger partial charge >= 0.3 is 5.97 Å². The van der Waals surface area contributed by atoms with Crippen LogP contribution in [0.15, 0.2) is 33.5 Å². The second-order valence-corrected chi connectivity index (χ2v) is 8.08. The molecule has 2 aliphatic rings. The van der Waals surface area contributed by atoms with Gasteiger partial charge in [0.15, 0.2) is 29.6 Å². The summed E-state index contributed by atoms with van der Waals surface area (Å²) in [4.78, 5) is 24.7. The third-order valence-electron chi connectivity index (χ3n) is 5.54. The van der Waals surface area contributed by atoms with E-state index in [1.54, 1.807) is 16.7 Å². The van der Waals surface area contributed by atoms with Gasteiger partial charge in [-0.2, -0.15) is 0 Å². The monoisotopic (exact) mass is 517 g/mol. The highest BCUT2D eigenvalue weighted by Gasteiger charge is 2.27. The third-order valence-corrected chi connectivity index (χ3v) is 6.34. The number of benzene rings is 2. The summed E-state index contributed by atoms with van der Waals surface area (Å²) in [5.41, 5.74) is 2.46. The van der Waals surface area contributed by atoms with E-state index in [0.717, 1.165) is 29.7 Å². The van der Waals surface area contributed by atoms with Crippen molar-refractivity contribution in [1.82, 2.24) is 4.57 Å². The molecule has 33 heavy (non-hydrogen) atoms. The molecule has 3 heterocycles. The molecule has 0 unspecified atom stereocenters. The van der Waals surface area contributed by atoms with Crippen molar-refractivity contribution in [3.05, 3.63) is 44.7 Å². The Labute approximate surface area is 198 Å². The normalized spacial score (nSPS) is 13.3. The average Bonchev–Trinajstić information content (AvgIpc) is 3.19. The number of carboxylic acids is 1. The number of nitrogens with zero attached hydrogens (tertiary/aromatic N) is 1. The highest BCUT2D eigenvalue weighted by atomic mass is 79.9. The van der Waals surface area contributed by atoms with Gasteiger partial charge in [0.1, 0.15) is 0 Å². The molecule has 2 aromatic carbocycles. The molecule has 3 aromatic rings. The van der Waals surface area contributed by atoms with Gasteiger partial charge in [-0.05, 0) is 58.6 Å². The molecule has 1 N–H and O–H groups in total. The number of halogens is 1. The van der Waals surface area contributed by atoms with E-state index >= 15 is 0 Å². The molecule has 0 saturated heterocycles. The van der Waals surface area contributed by atoms with Crippen LogP contribution < -0.4 is 24.5 Å². The lowest BCUT2D eigenvalue weighted by atomic mass is 9.99. The summed E-state index contributed by atoms with van der Waals surface area (Å²) in [5, 5.41) is 9.96. The standard InChI is InChI=1S/C22H18BrNO7.C2H6/c1-28-14-5-4-12-18(21(14)29-9-17(25)26)22(27)24-6-2-3-11-7-15-16(31-10-30-15)8-13(11)20(24)19(12)23;1-2/h4-5,7-8H,2-3,6,9-10H2,1H3,(H,25,26);1-2H3. The quantitative estimate of drug-likeness (QED) is 0.539. The van der Waals surface area contributed by atoms with Gasteiger partial charge in [0.25, 0.3) is 5.56 Å². The zero-order valence-corrected chi connectivity index (χ0v) is 20.2. The Balaban J connectivity index is 0.00000126. The van der Waals surface area contributed by atoms with E-state index in [4.69, 9.17) is 24.1 Å². The minimum Gasteiger partial charge on any atom is -0.493 e. The molecular formula is C24H24BrNO7. The van der Waals surface area contributed by atoms with E-state index in [2.05, 4.69) is 15.9 Å². The van der Waals surface area contributed by atoms with Crippen LogP contribution in [0, 0.1) is 0 Å². The van der Waals surface area contributed by atoms with Gasteiger partial charge in [0.2, 0.25) is 6.79 Å². The molecule has 0 amide bonds. The third kappa shape index (κ3) is 3.90. The number of pyridine rings is 1. The summed E-state index contributed by atoms with van der Waals surface area (Å²) in [6, 6.07) is 7.32. The predicted molar refractivity (Wildman–Crippen MR) is 127 cm³/mol. The number of fused-ring (bicyclic) bond motifs is 5. The number of methoxy groups -OCH3 is 1. The van der Waals surface area contributed by atoms with Gasteiger partial charge in [-0.15, -0.1) is 0 Å². The second-order valence-electron chi connectivity index (χ2n) is 7.29. The van der Waals surface area contributed by atoms with E-state index in [9.17, 15) is 9.59 Å². The van der Waals surface area contributed by atoms with Crippen molar-refractivity contribution >= 4 is 32.7 Å². The van der Waals surface area contributed by atoms with Crippen molar-refractivity contribution < 1.29 is 28.8 Å². The molecule has 174 valence electrons. The fourth-order valence-corrected chi connectivity index (χ4v) is 4.95. The van der Waals surface area contributed by atoms with Crippen molar-refractivity contribution in [2.75, 3.05) is 20.5 Å². The van der Waals surface area contributed by atoms with Crippen LogP contribution in [0.3, 0.4) is 0 Å². The lowest BCUT2D eigenvalue weighted by Gasteiger charge is -2.19. The summed E-state index contributed by atoms with van der Waals surface area (Å²) in [5.74, 6) is 0.639. The number of hydrogen-bond acceptors (Lipinski definition) is 6. The first-order chi connectivity index (χ1) is 16.0. The Morgan fingerprint density at radius 1 is 1.21 bits per heavy atom. The minimum atomic E-state index is -1.14. The molecule has 8 nitrogen and oxygen atoms in total. The Morgan fingerprint density at radius 2 is 1.94 bits per heavy atom. The molecule has 0 saturated carbocycles. The molecule has 9 heteroatoms. The predicted octanol–water partition coefficient (Wildman–Crippen LogP) is 4.60. The number of ether oxygens (including phenoxy) is 4. The van der Waals surface area contributed by atoms with Crippen LogP contribution in [-0.2, 0) is 17.8 Å². The number of aromatic nitrogens is 1. The number of carbonyl (C=O) groups is 1. The molecule has 0 aliphatic carbocycles. The number of rotatable bonds is 4. The summed E-state index contributed by atoms with van der Waals surface area (Å²) in [6.07, 6.45) is 1.54. The number of carboxylic acid groups (broad SMARTS) is 1. The van der Waals surface area contributed by atoms with Crippen molar-refractivity contribution in [2.24, 2.45) is 0 Å². The van der Waals surface area contributed by atoms with E-state index in [0.29, 0.717) is 33.7 Å². The van der Waals surface area contributed by atoms with Crippen molar-refractivity contribution in [3.63, 3.8) is 0 Å². The largest absolute Gasteiger partial charge is 0.493 e. The lowest BCUT2D eigenvalue weighted by Crippen LogP contribution is -2.23. The molecule has 1 aromatic heterocycles. The SMILES string of the molecule is CC.COc1ccc2c(Br)c3n(c(=O)c2c1OCC(=O)O)CCCc1cc2c(cc1-3)OCO2. The van der Waals surface area contributed by atoms with Crippen LogP contribution in [0.4, 0.5) is 0 Å². The van der Waals surface area contributed by atoms with Crippen molar-refractivity contribution in [2.45, 2.75) is 33.2 Å². The fraction of sp³-hybridized carbons (Fsp3) is 0.333. The zero-order chi connectivity index (χ0) is 23.7. The minimum absolute atomic E-state index is 0.124. The van der Waals surface area contributed by atoms with Gasteiger partial charge in [-0.1, -0.05) is 13.8 Å². The first-order valence-electron chi connectivity index (χ1n) is 10.7. The maximum Gasteiger partial charge on any atom is 0.341 e. The van der Waals surface area contributed by atoms with Crippen LogP contribution in [0.25, 0.3) is 22.0 Å². The summed E-state index contributed by atoms with van der Waals surface area (Å²) in [6.45, 7) is 4.09. The number of aryl methyl sites for hydroxylation is 1. The molecule has 0 radical (unpaired) electrons. The molecule has 0 fully saturated rings. The smallest absolute Gasteiger partial charge is 0.341 e. The van der Waals surface area contributed by atoms with Gasteiger partial charge in [-0.25, -0.2) is 4.79 Å². The summed E-state index contributed by atoms with van der Waals surface area (Å²) in [7, 11) is 1.45. The Kier molecular flexibility index (Phi) is 6.51. The maximum atomic E-state index is 13.7. The van der Waals surface area contributed by atoms with Crippen LogP contribution in [0.1, 0.15) is 25.8 Å². The van der Waals surface area contributed by atoms with Gasteiger partial charge in [0.05, 0.1) is 22.7 Å². The number of hydrogen-bond donors (Lipinski definition) is 1. The van der Waals surface area contributed by atoms with Crippen LogP contribution in [0.2, 0.25) is 0 Å². The van der Waals surface area contributed by atoms with Gasteiger partial charge in [-0.3, -0.25) is 4.79 Å². The van der Waals surface area contributed by atoms with Crippen LogP contribution in [0.5, 0.6) is 23.0 Å². The van der Waals surface area contributed by atoms with Crippen molar-refractivity contribution in [1.29, 1.82) is 0 Å². The molecule has 0 spiro atoms. The maximum absolute atomic E-state index is 13.7. The van der Waals surface area contributed by atoms with Crippen molar-refractivity contribution in [3.8, 4) is 34.3 Å². The van der Waals surface area contributed by atoms with E-state index in [1.807, 2.05) is 26.0 Å². The van der Waals surface area contributed by atoms with Gasteiger partial charge < -0.3 is 28.6 Å². The average molecular weight is 518 g/mol. The molecular weight excluding hydrogens is 494 g/mol. The Morgan fingerprint density at radius 3 is 2.64 bits per heavy atom. The second kappa shape index (κ2) is 9.35. The molecule has 0 atom stereocenters. The van der Waals surface area contributed by atoms with Crippen LogP contribution >= 0.6 is 15.9 Å².